The summed E-state index contributed by atoms with van der Waals surface area (Å²) >= 11 is 0. The molecule has 1 aromatic heterocycles. The van der Waals surface area contributed by atoms with E-state index in [2.05, 4.69) is 24.2 Å². The monoisotopic (exact) mass is 287 g/mol. The smallest absolute Gasteiger partial charge is 0.276 e. The van der Waals surface area contributed by atoms with E-state index in [9.17, 15) is 4.79 Å². The molecule has 0 spiro atoms. The molecule has 1 aliphatic rings. The topological polar surface area (TPSA) is 77.0 Å². The van der Waals surface area contributed by atoms with Gasteiger partial charge in [0.05, 0.1) is 6.20 Å². The van der Waals surface area contributed by atoms with E-state index in [1.54, 1.807) is 15.8 Å². The Morgan fingerprint density at radius 1 is 1.58 bits per heavy atom. The van der Waals surface area contributed by atoms with Gasteiger partial charge in [-0.2, -0.15) is 0 Å². The van der Waals surface area contributed by atoms with Gasteiger partial charge in [0, 0.05) is 25.7 Å². The summed E-state index contributed by atoms with van der Waals surface area (Å²) in [6.07, 6.45) is 3.63. The quantitative estimate of drug-likeness (QED) is 0.893. The molecule has 1 amide bonds. The summed E-state index contributed by atoms with van der Waals surface area (Å²) in [5.41, 5.74) is 6.22. The van der Waals surface area contributed by atoms with Crippen LogP contribution < -0.4 is 5.73 Å². The molecule has 2 heterocycles. The van der Waals surface area contributed by atoms with Crippen LogP contribution in [0.2, 0.25) is 0 Å². The first-order valence-corrected chi connectivity index (χ1v) is 6.51. The van der Waals surface area contributed by atoms with Crippen LogP contribution in [0.4, 0.5) is 0 Å². The van der Waals surface area contributed by atoms with Crippen molar-refractivity contribution in [2.45, 2.75) is 39.3 Å². The number of hydrogen-bond acceptors (Lipinski definition) is 4. The van der Waals surface area contributed by atoms with Crippen molar-refractivity contribution in [3.05, 3.63) is 11.9 Å². The second-order valence-electron chi connectivity index (χ2n) is 5.35. The van der Waals surface area contributed by atoms with E-state index in [0.717, 1.165) is 25.9 Å². The Morgan fingerprint density at radius 3 is 2.89 bits per heavy atom. The van der Waals surface area contributed by atoms with Crippen molar-refractivity contribution in [2.24, 2.45) is 11.7 Å². The molecule has 2 N–H and O–H groups in total. The van der Waals surface area contributed by atoms with Gasteiger partial charge in [-0.25, -0.2) is 0 Å². The zero-order valence-corrected chi connectivity index (χ0v) is 12.3. The van der Waals surface area contributed by atoms with Crippen LogP contribution in [0.1, 0.15) is 37.2 Å². The molecular formula is C12H22ClN5O. The fraction of sp³-hybridized carbons (Fsp3) is 0.750. The fourth-order valence-electron chi connectivity index (χ4n) is 2.03. The number of rotatable bonds is 4. The molecule has 1 fully saturated rings. The SMILES string of the molecule is CC(C)CCn1cc(C(=O)N2CC[C@@H](N)C2)nn1.Cl. The molecule has 0 radical (unpaired) electrons. The lowest BCUT2D eigenvalue weighted by atomic mass is 10.1. The molecule has 1 aromatic rings. The van der Waals surface area contributed by atoms with E-state index in [4.69, 9.17) is 5.73 Å². The second-order valence-corrected chi connectivity index (χ2v) is 5.35. The lowest BCUT2D eigenvalue weighted by molar-refractivity contribution is 0.0785. The summed E-state index contributed by atoms with van der Waals surface area (Å²) in [6.45, 7) is 6.47. The van der Waals surface area contributed by atoms with E-state index < -0.39 is 0 Å². The standard InChI is InChI=1S/C12H21N5O.ClH/c1-9(2)3-6-17-8-11(14-15-17)12(18)16-5-4-10(13)7-16;/h8-10H,3-7,13H2,1-2H3;1H/t10-;/m1./s1. The highest BCUT2D eigenvalue weighted by Gasteiger charge is 2.26. The van der Waals surface area contributed by atoms with E-state index in [1.165, 1.54) is 0 Å². The summed E-state index contributed by atoms with van der Waals surface area (Å²) in [5, 5.41) is 7.93. The van der Waals surface area contributed by atoms with Crippen molar-refractivity contribution in [2.75, 3.05) is 13.1 Å². The number of amides is 1. The third kappa shape index (κ3) is 4.18. The molecule has 0 aliphatic carbocycles. The third-order valence-corrected chi connectivity index (χ3v) is 3.21. The fourth-order valence-corrected chi connectivity index (χ4v) is 2.03. The average molecular weight is 288 g/mol. The van der Waals surface area contributed by atoms with E-state index >= 15 is 0 Å². The minimum Gasteiger partial charge on any atom is -0.336 e. The maximum atomic E-state index is 12.1. The second kappa shape index (κ2) is 6.86. The van der Waals surface area contributed by atoms with Crippen LogP contribution in [0, 0.1) is 5.92 Å². The first-order valence-electron chi connectivity index (χ1n) is 6.51. The Hall–Kier alpha value is -1.14. The van der Waals surface area contributed by atoms with Crippen LogP contribution in [0.3, 0.4) is 0 Å². The van der Waals surface area contributed by atoms with E-state index in [0.29, 0.717) is 18.2 Å². The lowest BCUT2D eigenvalue weighted by Gasteiger charge is -2.13. The summed E-state index contributed by atoms with van der Waals surface area (Å²) in [5.74, 6) is 0.559. The number of carbonyl (C=O) groups excluding carboxylic acids is 1. The summed E-state index contributed by atoms with van der Waals surface area (Å²) in [6, 6.07) is 0.102. The Labute approximate surface area is 119 Å². The highest BCUT2D eigenvalue weighted by molar-refractivity contribution is 5.92. The van der Waals surface area contributed by atoms with Crippen LogP contribution >= 0.6 is 12.4 Å². The molecule has 0 saturated carbocycles. The van der Waals surface area contributed by atoms with E-state index in [-0.39, 0.29) is 24.4 Å². The van der Waals surface area contributed by atoms with Crippen molar-refractivity contribution < 1.29 is 4.79 Å². The van der Waals surface area contributed by atoms with Crippen molar-refractivity contribution in [3.63, 3.8) is 0 Å². The van der Waals surface area contributed by atoms with Gasteiger partial charge in [0.15, 0.2) is 5.69 Å². The van der Waals surface area contributed by atoms with Gasteiger partial charge in [0.25, 0.3) is 5.91 Å². The number of aryl methyl sites for hydroxylation is 1. The van der Waals surface area contributed by atoms with Crippen LogP contribution in [0.5, 0.6) is 0 Å². The number of likely N-dealkylation sites (tertiary alicyclic amines) is 1. The van der Waals surface area contributed by atoms with Crippen LogP contribution in [-0.4, -0.2) is 44.9 Å². The normalized spacial score (nSPS) is 18.7. The maximum Gasteiger partial charge on any atom is 0.276 e. The molecule has 0 bridgehead atoms. The largest absolute Gasteiger partial charge is 0.336 e. The third-order valence-electron chi connectivity index (χ3n) is 3.21. The van der Waals surface area contributed by atoms with Gasteiger partial charge in [-0.1, -0.05) is 19.1 Å². The van der Waals surface area contributed by atoms with Crippen molar-refractivity contribution >= 4 is 18.3 Å². The predicted octanol–water partition coefficient (Wildman–Crippen LogP) is 0.919. The molecule has 0 aromatic carbocycles. The highest BCUT2D eigenvalue weighted by Crippen LogP contribution is 2.11. The van der Waals surface area contributed by atoms with Gasteiger partial charge in [0.1, 0.15) is 0 Å². The first kappa shape index (κ1) is 15.9. The summed E-state index contributed by atoms with van der Waals surface area (Å²) in [4.78, 5) is 13.8. The minimum absolute atomic E-state index is 0. The van der Waals surface area contributed by atoms with Crippen molar-refractivity contribution in [3.8, 4) is 0 Å². The number of halogens is 1. The molecular weight excluding hydrogens is 266 g/mol. The molecule has 1 saturated heterocycles. The first-order chi connectivity index (χ1) is 8.56. The van der Waals surface area contributed by atoms with Gasteiger partial charge < -0.3 is 10.6 Å². The zero-order valence-electron chi connectivity index (χ0n) is 11.5. The lowest BCUT2D eigenvalue weighted by Crippen LogP contribution is -2.32. The van der Waals surface area contributed by atoms with Gasteiger partial charge in [-0.15, -0.1) is 17.5 Å². The molecule has 7 heteroatoms. The number of hydrogen-bond donors (Lipinski definition) is 1. The zero-order chi connectivity index (χ0) is 13.1. The molecule has 1 aliphatic heterocycles. The Balaban J connectivity index is 0.00000180. The molecule has 0 unspecified atom stereocenters. The van der Waals surface area contributed by atoms with Crippen molar-refractivity contribution in [1.29, 1.82) is 0 Å². The van der Waals surface area contributed by atoms with Gasteiger partial charge in [-0.05, 0) is 18.8 Å². The summed E-state index contributed by atoms with van der Waals surface area (Å²) in [7, 11) is 0. The number of nitrogens with zero attached hydrogens (tertiary/aromatic N) is 4. The Morgan fingerprint density at radius 2 is 2.32 bits per heavy atom. The van der Waals surface area contributed by atoms with E-state index in [1.807, 2.05) is 0 Å². The highest BCUT2D eigenvalue weighted by atomic mass is 35.5. The number of aromatic nitrogens is 3. The molecule has 1 atom stereocenters. The Kier molecular flexibility index (Phi) is 5.75. The number of nitrogens with two attached hydrogens (primary N) is 1. The molecule has 19 heavy (non-hydrogen) atoms. The molecule has 6 nitrogen and oxygen atoms in total. The maximum absolute atomic E-state index is 12.1. The minimum atomic E-state index is -0.0567. The van der Waals surface area contributed by atoms with Crippen LogP contribution in [0.25, 0.3) is 0 Å². The Bertz CT molecular complexity index is 420. The molecule has 108 valence electrons. The van der Waals surface area contributed by atoms with Gasteiger partial charge in [0.2, 0.25) is 0 Å². The predicted molar refractivity (Wildman–Crippen MR) is 75.2 cm³/mol. The van der Waals surface area contributed by atoms with Gasteiger partial charge in [-0.3, -0.25) is 9.48 Å². The van der Waals surface area contributed by atoms with Crippen LogP contribution in [-0.2, 0) is 6.54 Å². The molecule has 2 rings (SSSR count). The van der Waals surface area contributed by atoms with Crippen LogP contribution in [0.15, 0.2) is 6.20 Å². The summed E-state index contributed by atoms with van der Waals surface area (Å²) < 4.78 is 1.74. The van der Waals surface area contributed by atoms with Gasteiger partial charge >= 0.3 is 0 Å². The average Bonchev–Trinajstić information content (AvgIpc) is 2.94. The number of carbonyl (C=O) groups is 1. The van der Waals surface area contributed by atoms with Crippen molar-refractivity contribution in [1.82, 2.24) is 19.9 Å².